The van der Waals surface area contributed by atoms with Gasteiger partial charge in [0.05, 0.1) is 6.61 Å². The molecule has 20 heavy (non-hydrogen) atoms. The summed E-state index contributed by atoms with van der Waals surface area (Å²) >= 11 is 0. The van der Waals surface area contributed by atoms with Crippen LogP contribution in [0.1, 0.15) is 25.0 Å². The van der Waals surface area contributed by atoms with Crippen LogP contribution in [-0.2, 0) is 13.0 Å². The fourth-order valence-corrected chi connectivity index (χ4v) is 1.96. The van der Waals surface area contributed by atoms with Crippen LogP contribution in [0.15, 0.2) is 54.6 Å². The van der Waals surface area contributed by atoms with Crippen molar-refractivity contribution in [2.45, 2.75) is 32.9 Å². The van der Waals surface area contributed by atoms with Gasteiger partial charge in [0.15, 0.2) is 0 Å². The second-order valence-electron chi connectivity index (χ2n) is 5.26. The minimum atomic E-state index is 0.511. The molecule has 0 amide bonds. The Bertz CT molecular complexity index is 491. The number of rotatable bonds is 7. The van der Waals surface area contributed by atoms with Crippen molar-refractivity contribution in [3.05, 3.63) is 65.7 Å². The zero-order chi connectivity index (χ0) is 14.2. The minimum Gasteiger partial charge on any atom is -0.493 e. The van der Waals surface area contributed by atoms with Gasteiger partial charge < -0.3 is 10.1 Å². The highest BCUT2D eigenvalue weighted by Gasteiger charge is 1.98. The normalized spacial score (nSPS) is 10.8. The first-order valence-electron chi connectivity index (χ1n) is 7.23. The molecule has 2 heteroatoms. The second kappa shape index (κ2) is 7.71. The Kier molecular flexibility index (Phi) is 5.63. The molecule has 2 aromatic rings. The summed E-state index contributed by atoms with van der Waals surface area (Å²) in [6.45, 7) is 5.93. The average molecular weight is 269 g/mol. The third kappa shape index (κ3) is 5.06. The highest BCUT2D eigenvalue weighted by molar-refractivity contribution is 5.27. The summed E-state index contributed by atoms with van der Waals surface area (Å²) in [6.07, 6.45) is 0.942. The third-order valence-corrected chi connectivity index (χ3v) is 3.14. The number of nitrogens with one attached hydrogen (secondary N) is 1. The highest BCUT2D eigenvalue weighted by atomic mass is 16.5. The van der Waals surface area contributed by atoms with Crippen molar-refractivity contribution in [2.75, 3.05) is 6.61 Å². The molecule has 0 atom stereocenters. The van der Waals surface area contributed by atoms with Crippen LogP contribution in [0.4, 0.5) is 0 Å². The van der Waals surface area contributed by atoms with Crippen LogP contribution in [0.5, 0.6) is 5.75 Å². The first-order valence-corrected chi connectivity index (χ1v) is 7.23. The Balaban J connectivity index is 1.76. The van der Waals surface area contributed by atoms with Gasteiger partial charge in [-0.15, -0.1) is 0 Å². The quantitative estimate of drug-likeness (QED) is 0.825. The molecule has 0 fully saturated rings. The fraction of sp³-hybridized carbons (Fsp3) is 0.333. The van der Waals surface area contributed by atoms with Crippen LogP contribution < -0.4 is 10.1 Å². The van der Waals surface area contributed by atoms with E-state index in [9.17, 15) is 0 Å². The molecule has 0 spiro atoms. The van der Waals surface area contributed by atoms with Gasteiger partial charge in [-0.3, -0.25) is 0 Å². The summed E-state index contributed by atoms with van der Waals surface area (Å²) in [5.74, 6) is 0.939. The van der Waals surface area contributed by atoms with Gasteiger partial charge in [-0.2, -0.15) is 0 Å². The number of benzene rings is 2. The van der Waals surface area contributed by atoms with Gasteiger partial charge >= 0.3 is 0 Å². The van der Waals surface area contributed by atoms with Crippen LogP contribution in [0.2, 0.25) is 0 Å². The van der Waals surface area contributed by atoms with Gasteiger partial charge in [0.25, 0.3) is 0 Å². The maximum absolute atomic E-state index is 5.77. The Morgan fingerprint density at radius 1 is 0.900 bits per heavy atom. The van der Waals surface area contributed by atoms with Gasteiger partial charge in [0, 0.05) is 19.0 Å². The Labute approximate surface area is 121 Å². The predicted molar refractivity (Wildman–Crippen MR) is 84.1 cm³/mol. The van der Waals surface area contributed by atoms with Gasteiger partial charge in [-0.25, -0.2) is 0 Å². The molecule has 0 saturated heterocycles. The lowest BCUT2D eigenvalue weighted by Crippen LogP contribution is -2.21. The summed E-state index contributed by atoms with van der Waals surface area (Å²) in [7, 11) is 0. The van der Waals surface area contributed by atoms with Crippen molar-refractivity contribution < 1.29 is 4.74 Å². The van der Waals surface area contributed by atoms with Gasteiger partial charge in [-0.1, -0.05) is 56.3 Å². The van der Waals surface area contributed by atoms with Crippen LogP contribution in [0.3, 0.4) is 0 Å². The molecule has 0 heterocycles. The maximum atomic E-state index is 5.77. The summed E-state index contributed by atoms with van der Waals surface area (Å²) in [5, 5.41) is 3.41. The average Bonchev–Trinajstić information content (AvgIpc) is 2.47. The molecular formula is C18H23NO. The van der Waals surface area contributed by atoms with E-state index in [0.29, 0.717) is 12.6 Å². The molecule has 2 aromatic carbocycles. The van der Waals surface area contributed by atoms with E-state index in [0.717, 1.165) is 18.7 Å². The van der Waals surface area contributed by atoms with Crippen molar-refractivity contribution in [3.8, 4) is 5.75 Å². The van der Waals surface area contributed by atoms with Crippen molar-refractivity contribution in [1.29, 1.82) is 0 Å². The maximum Gasteiger partial charge on any atom is 0.119 e. The zero-order valence-electron chi connectivity index (χ0n) is 12.3. The molecular weight excluding hydrogens is 246 g/mol. The zero-order valence-corrected chi connectivity index (χ0v) is 12.3. The van der Waals surface area contributed by atoms with Gasteiger partial charge in [0.1, 0.15) is 5.75 Å². The van der Waals surface area contributed by atoms with E-state index in [-0.39, 0.29) is 0 Å². The smallest absolute Gasteiger partial charge is 0.119 e. The largest absolute Gasteiger partial charge is 0.493 e. The first kappa shape index (κ1) is 14.6. The monoisotopic (exact) mass is 269 g/mol. The molecule has 0 unspecified atom stereocenters. The van der Waals surface area contributed by atoms with Crippen molar-refractivity contribution in [2.24, 2.45) is 0 Å². The molecule has 0 radical (unpaired) electrons. The van der Waals surface area contributed by atoms with Crippen molar-refractivity contribution in [1.82, 2.24) is 5.32 Å². The lowest BCUT2D eigenvalue weighted by molar-refractivity contribution is 0.322. The third-order valence-electron chi connectivity index (χ3n) is 3.14. The second-order valence-corrected chi connectivity index (χ2v) is 5.26. The summed E-state index contributed by atoms with van der Waals surface area (Å²) < 4.78 is 5.77. The van der Waals surface area contributed by atoms with E-state index in [1.54, 1.807) is 0 Å². The van der Waals surface area contributed by atoms with Crippen LogP contribution in [0, 0.1) is 0 Å². The Morgan fingerprint density at radius 2 is 1.60 bits per heavy atom. The molecule has 106 valence electrons. The van der Waals surface area contributed by atoms with Gasteiger partial charge in [-0.05, 0) is 23.3 Å². The standard InChI is InChI=1S/C18H23NO/c1-15(2)19-14-17-8-10-18(11-9-17)20-13-12-16-6-4-3-5-7-16/h3-11,15,19H,12-14H2,1-2H3. The molecule has 1 N–H and O–H groups in total. The summed E-state index contributed by atoms with van der Waals surface area (Å²) in [4.78, 5) is 0. The molecule has 0 aliphatic rings. The minimum absolute atomic E-state index is 0.511. The summed E-state index contributed by atoms with van der Waals surface area (Å²) in [6, 6.07) is 19.3. The number of hydrogen-bond acceptors (Lipinski definition) is 2. The predicted octanol–water partition coefficient (Wildman–Crippen LogP) is 3.81. The lowest BCUT2D eigenvalue weighted by Gasteiger charge is -2.09. The topological polar surface area (TPSA) is 21.3 Å². The van der Waals surface area contributed by atoms with E-state index >= 15 is 0 Å². The molecule has 0 saturated carbocycles. The fourth-order valence-electron chi connectivity index (χ4n) is 1.96. The van der Waals surface area contributed by atoms with E-state index in [4.69, 9.17) is 4.74 Å². The van der Waals surface area contributed by atoms with E-state index in [1.807, 2.05) is 18.2 Å². The van der Waals surface area contributed by atoms with E-state index in [2.05, 4.69) is 55.6 Å². The summed E-state index contributed by atoms with van der Waals surface area (Å²) in [5.41, 5.74) is 2.60. The molecule has 2 nitrogen and oxygen atoms in total. The van der Waals surface area contributed by atoms with Crippen molar-refractivity contribution >= 4 is 0 Å². The SMILES string of the molecule is CC(C)NCc1ccc(OCCc2ccccc2)cc1. The molecule has 2 rings (SSSR count). The molecule has 0 bridgehead atoms. The van der Waals surface area contributed by atoms with Crippen LogP contribution in [0.25, 0.3) is 0 Å². The van der Waals surface area contributed by atoms with E-state index in [1.165, 1.54) is 11.1 Å². The van der Waals surface area contributed by atoms with Crippen LogP contribution >= 0.6 is 0 Å². The molecule has 0 aromatic heterocycles. The molecule has 0 aliphatic carbocycles. The number of hydrogen-bond donors (Lipinski definition) is 1. The Hall–Kier alpha value is -1.80. The van der Waals surface area contributed by atoms with Gasteiger partial charge in [0.2, 0.25) is 0 Å². The van der Waals surface area contributed by atoms with Crippen LogP contribution in [-0.4, -0.2) is 12.6 Å². The van der Waals surface area contributed by atoms with Crippen molar-refractivity contribution in [3.63, 3.8) is 0 Å². The highest BCUT2D eigenvalue weighted by Crippen LogP contribution is 2.13. The first-order chi connectivity index (χ1) is 9.74. The molecule has 0 aliphatic heterocycles. The van der Waals surface area contributed by atoms with E-state index < -0.39 is 0 Å². The number of ether oxygens (including phenoxy) is 1. The Morgan fingerprint density at radius 3 is 2.25 bits per heavy atom. The lowest BCUT2D eigenvalue weighted by atomic mass is 10.2.